The molecule has 0 atom stereocenters. The summed E-state index contributed by atoms with van der Waals surface area (Å²) in [7, 11) is 0. The predicted octanol–water partition coefficient (Wildman–Crippen LogP) is 5.41. The van der Waals surface area contributed by atoms with Crippen molar-refractivity contribution in [3.8, 4) is 0 Å². The van der Waals surface area contributed by atoms with Crippen molar-refractivity contribution in [1.29, 1.82) is 0 Å². The lowest BCUT2D eigenvalue weighted by atomic mass is 9.79. The lowest BCUT2D eigenvalue weighted by molar-refractivity contribution is 0.774. The zero-order chi connectivity index (χ0) is 13.0. The summed E-state index contributed by atoms with van der Waals surface area (Å²) in [5.74, 6) is 0.520. The van der Waals surface area contributed by atoms with Crippen LogP contribution in [0.5, 0.6) is 0 Å². The first kappa shape index (κ1) is 13.1. The van der Waals surface area contributed by atoms with Gasteiger partial charge in [0.1, 0.15) is 0 Å². The summed E-state index contributed by atoms with van der Waals surface area (Å²) >= 11 is 0. The van der Waals surface area contributed by atoms with Gasteiger partial charge in [-0.1, -0.05) is 60.9 Å². The number of aryl methyl sites for hydroxylation is 1. The maximum absolute atomic E-state index is 2.37. The second-order valence-corrected chi connectivity index (χ2v) is 5.37. The molecule has 0 amide bonds. The van der Waals surface area contributed by atoms with Gasteiger partial charge < -0.3 is 0 Å². The van der Waals surface area contributed by atoms with Crippen molar-refractivity contribution in [3.05, 3.63) is 58.7 Å². The molecule has 0 saturated carbocycles. The van der Waals surface area contributed by atoms with Crippen LogP contribution in [-0.4, -0.2) is 0 Å². The molecule has 0 spiro atoms. The van der Waals surface area contributed by atoms with Crippen molar-refractivity contribution in [1.82, 2.24) is 0 Å². The minimum atomic E-state index is 0.520. The van der Waals surface area contributed by atoms with Crippen LogP contribution in [-0.2, 0) is 6.42 Å². The normalized spacial score (nSPS) is 16.4. The minimum Gasteiger partial charge on any atom is -0.0809 e. The van der Waals surface area contributed by atoms with E-state index in [0.29, 0.717) is 5.92 Å². The number of allylic oxidation sites excluding steroid dienone is 4. The van der Waals surface area contributed by atoms with E-state index in [2.05, 4.69) is 57.2 Å². The quantitative estimate of drug-likeness (QED) is 0.617. The highest BCUT2D eigenvalue weighted by atomic mass is 14.2. The number of hydrogen-bond donors (Lipinski definition) is 0. The highest BCUT2D eigenvalue weighted by molar-refractivity contribution is 5.44. The average molecular weight is 240 g/mol. The standard InChI is InChI=1S/C18H24/c1-4-5-11-16-12-6-7-13-17(16)18-14(2)9-8-10-15(18)3/h6-7,9-10,12-13,18H,4-5,8,11H2,1-3H3. The Hall–Kier alpha value is -1.30. The molecule has 0 radical (unpaired) electrons. The monoisotopic (exact) mass is 240 g/mol. The summed E-state index contributed by atoms with van der Waals surface area (Å²) in [5.41, 5.74) is 6.08. The fraction of sp³-hybridized carbons (Fsp3) is 0.444. The van der Waals surface area contributed by atoms with E-state index in [1.807, 2.05) is 0 Å². The van der Waals surface area contributed by atoms with E-state index in [9.17, 15) is 0 Å². The van der Waals surface area contributed by atoms with Crippen LogP contribution in [0.1, 0.15) is 57.1 Å². The molecule has 1 aromatic rings. The van der Waals surface area contributed by atoms with E-state index >= 15 is 0 Å². The molecule has 96 valence electrons. The number of unbranched alkanes of at least 4 members (excludes halogenated alkanes) is 1. The summed E-state index contributed by atoms with van der Waals surface area (Å²) in [6.07, 6.45) is 9.61. The van der Waals surface area contributed by atoms with Crippen molar-refractivity contribution in [2.75, 3.05) is 0 Å². The van der Waals surface area contributed by atoms with Crippen molar-refractivity contribution in [2.24, 2.45) is 0 Å². The van der Waals surface area contributed by atoms with Gasteiger partial charge >= 0.3 is 0 Å². The minimum absolute atomic E-state index is 0.520. The highest BCUT2D eigenvalue weighted by Gasteiger charge is 2.19. The van der Waals surface area contributed by atoms with E-state index in [4.69, 9.17) is 0 Å². The first-order chi connectivity index (χ1) is 8.74. The number of rotatable bonds is 4. The van der Waals surface area contributed by atoms with Crippen LogP contribution in [0.4, 0.5) is 0 Å². The summed E-state index contributed by atoms with van der Waals surface area (Å²) < 4.78 is 0. The molecule has 18 heavy (non-hydrogen) atoms. The maximum atomic E-state index is 2.37. The lowest BCUT2D eigenvalue weighted by Crippen LogP contribution is -2.08. The van der Waals surface area contributed by atoms with Gasteiger partial charge in [0, 0.05) is 5.92 Å². The Bertz CT molecular complexity index is 445. The molecule has 0 nitrogen and oxygen atoms in total. The first-order valence-corrected chi connectivity index (χ1v) is 7.15. The Balaban J connectivity index is 2.34. The predicted molar refractivity (Wildman–Crippen MR) is 79.9 cm³/mol. The third-order valence-corrected chi connectivity index (χ3v) is 3.96. The third kappa shape index (κ3) is 2.75. The van der Waals surface area contributed by atoms with Crippen LogP contribution in [0, 0.1) is 0 Å². The van der Waals surface area contributed by atoms with Gasteiger partial charge in [-0.25, -0.2) is 0 Å². The van der Waals surface area contributed by atoms with Crippen LogP contribution < -0.4 is 0 Å². The van der Waals surface area contributed by atoms with Crippen LogP contribution in [0.3, 0.4) is 0 Å². The summed E-state index contributed by atoms with van der Waals surface area (Å²) in [6.45, 7) is 6.81. The SMILES string of the molecule is CCCCc1ccccc1C1C(C)=CCC=C1C. The molecule has 0 N–H and O–H groups in total. The molecule has 0 heterocycles. The molecule has 1 aliphatic rings. The zero-order valence-corrected chi connectivity index (χ0v) is 11.9. The Morgan fingerprint density at radius 1 is 1.06 bits per heavy atom. The Morgan fingerprint density at radius 2 is 1.72 bits per heavy atom. The van der Waals surface area contributed by atoms with Crippen LogP contribution >= 0.6 is 0 Å². The topological polar surface area (TPSA) is 0 Å². The van der Waals surface area contributed by atoms with Crippen molar-refractivity contribution >= 4 is 0 Å². The zero-order valence-electron chi connectivity index (χ0n) is 11.9. The Morgan fingerprint density at radius 3 is 2.39 bits per heavy atom. The molecule has 0 aliphatic heterocycles. The van der Waals surface area contributed by atoms with Gasteiger partial charge in [0.05, 0.1) is 0 Å². The third-order valence-electron chi connectivity index (χ3n) is 3.96. The maximum Gasteiger partial charge on any atom is 0.0255 e. The fourth-order valence-corrected chi connectivity index (χ4v) is 2.93. The Kier molecular flexibility index (Phi) is 4.41. The van der Waals surface area contributed by atoms with Crippen LogP contribution in [0.15, 0.2) is 47.6 Å². The van der Waals surface area contributed by atoms with Gasteiger partial charge in [-0.15, -0.1) is 0 Å². The average Bonchev–Trinajstić information content (AvgIpc) is 2.37. The van der Waals surface area contributed by atoms with Gasteiger partial charge in [0.2, 0.25) is 0 Å². The molecule has 0 aromatic heterocycles. The van der Waals surface area contributed by atoms with E-state index in [1.165, 1.54) is 41.5 Å². The molecule has 0 saturated heterocycles. The van der Waals surface area contributed by atoms with E-state index in [0.717, 1.165) is 6.42 Å². The molecule has 2 rings (SSSR count). The van der Waals surface area contributed by atoms with Crippen LogP contribution in [0.2, 0.25) is 0 Å². The van der Waals surface area contributed by atoms with Gasteiger partial charge in [-0.3, -0.25) is 0 Å². The molecular formula is C18H24. The van der Waals surface area contributed by atoms with Gasteiger partial charge in [-0.05, 0) is 44.2 Å². The van der Waals surface area contributed by atoms with Crippen molar-refractivity contribution in [2.45, 2.75) is 52.4 Å². The molecule has 0 bridgehead atoms. The van der Waals surface area contributed by atoms with E-state index in [1.54, 1.807) is 0 Å². The van der Waals surface area contributed by atoms with E-state index < -0.39 is 0 Å². The van der Waals surface area contributed by atoms with Crippen molar-refractivity contribution < 1.29 is 0 Å². The number of benzene rings is 1. The number of hydrogen-bond acceptors (Lipinski definition) is 0. The van der Waals surface area contributed by atoms with Crippen LogP contribution in [0.25, 0.3) is 0 Å². The molecule has 0 unspecified atom stereocenters. The first-order valence-electron chi connectivity index (χ1n) is 7.15. The van der Waals surface area contributed by atoms with Crippen molar-refractivity contribution in [3.63, 3.8) is 0 Å². The second kappa shape index (κ2) is 6.04. The smallest absolute Gasteiger partial charge is 0.0255 e. The lowest BCUT2D eigenvalue weighted by Gasteiger charge is -2.25. The largest absolute Gasteiger partial charge is 0.0809 e. The van der Waals surface area contributed by atoms with Gasteiger partial charge in [0.25, 0.3) is 0 Å². The molecule has 1 aliphatic carbocycles. The molecule has 0 heteroatoms. The highest BCUT2D eigenvalue weighted by Crippen LogP contribution is 2.36. The molecule has 0 fully saturated rings. The van der Waals surface area contributed by atoms with Gasteiger partial charge in [0.15, 0.2) is 0 Å². The summed E-state index contributed by atoms with van der Waals surface area (Å²) in [5, 5.41) is 0. The fourth-order valence-electron chi connectivity index (χ4n) is 2.93. The summed E-state index contributed by atoms with van der Waals surface area (Å²) in [4.78, 5) is 0. The molecular weight excluding hydrogens is 216 g/mol. The Labute approximate surface area is 111 Å². The second-order valence-electron chi connectivity index (χ2n) is 5.37. The van der Waals surface area contributed by atoms with Gasteiger partial charge in [-0.2, -0.15) is 0 Å². The summed E-state index contributed by atoms with van der Waals surface area (Å²) in [6, 6.07) is 8.98. The molecule has 1 aromatic carbocycles. The van der Waals surface area contributed by atoms with E-state index in [-0.39, 0.29) is 0 Å².